The van der Waals surface area contributed by atoms with E-state index in [1.165, 1.54) is 5.56 Å². The van der Waals surface area contributed by atoms with Crippen LogP contribution in [0.1, 0.15) is 37.3 Å². The highest BCUT2D eigenvalue weighted by molar-refractivity contribution is 5.42. The fourth-order valence-corrected chi connectivity index (χ4v) is 2.34. The predicted octanol–water partition coefficient (Wildman–Crippen LogP) is 3.51. The van der Waals surface area contributed by atoms with E-state index in [4.69, 9.17) is 4.42 Å². The first kappa shape index (κ1) is 15.6. The van der Waals surface area contributed by atoms with Crippen molar-refractivity contribution in [1.29, 1.82) is 0 Å². The van der Waals surface area contributed by atoms with Gasteiger partial charge in [-0.25, -0.2) is 4.98 Å². The number of pyridine rings is 1. The van der Waals surface area contributed by atoms with Crippen molar-refractivity contribution in [2.45, 2.75) is 40.3 Å². The maximum atomic E-state index is 5.45. The molecule has 1 N–H and O–H groups in total. The number of furan rings is 1. The summed E-state index contributed by atoms with van der Waals surface area (Å²) in [5.74, 6) is 1.98. The standard InChI is InChI=1S/C17H25N3O/c1-4-8-18-12-15-10-14(3)19-17(11-15)20(5-2)13-16-7-6-9-21-16/h6-7,9-11,18H,4-5,8,12-13H2,1-3H3. The molecule has 4 heteroatoms. The Hall–Kier alpha value is -1.81. The summed E-state index contributed by atoms with van der Waals surface area (Å²) in [5.41, 5.74) is 2.34. The number of rotatable bonds is 8. The highest BCUT2D eigenvalue weighted by Gasteiger charge is 2.10. The Morgan fingerprint density at radius 2 is 2.14 bits per heavy atom. The molecule has 0 aliphatic rings. The third-order valence-electron chi connectivity index (χ3n) is 3.39. The van der Waals surface area contributed by atoms with Gasteiger partial charge in [-0.2, -0.15) is 0 Å². The van der Waals surface area contributed by atoms with Gasteiger partial charge >= 0.3 is 0 Å². The summed E-state index contributed by atoms with van der Waals surface area (Å²) in [7, 11) is 0. The number of nitrogens with zero attached hydrogens (tertiary/aromatic N) is 2. The number of hydrogen-bond acceptors (Lipinski definition) is 4. The second-order valence-electron chi connectivity index (χ2n) is 5.25. The Balaban J connectivity index is 2.12. The van der Waals surface area contributed by atoms with Crippen molar-refractivity contribution in [2.24, 2.45) is 0 Å². The molecule has 0 unspecified atom stereocenters. The summed E-state index contributed by atoms with van der Waals surface area (Å²) >= 11 is 0. The minimum atomic E-state index is 0.752. The van der Waals surface area contributed by atoms with Gasteiger partial charge in [-0.15, -0.1) is 0 Å². The van der Waals surface area contributed by atoms with Gasteiger partial charge in [0.15, 0.2) is 0 Å². The molecule has 2 rings (SSSR count). The van der Waals surface area contributed by atoms with Gasteiger partial charge in [0.05, 0.1) is 12.8 Å². The Labute approximate surface area is 127 Å². The SMILES string of the molecule is CCCNCc1cc(C)nc(N(CC)Cc2ccco2)c1. The van der Waals surface area contributed by atoms with Gasteiger partial charge in [0, 0.05) is 18.8 Å². The van der Waals surface area contributed by atoms with Crippen LogP contribution in [0.3, 0.4) is 0 Å². The summed E-state index contributed by atoms with van der Waals surface area (Å²) in [4.78, 5) is 6.90. The summed E-state index contributed by atoms with van der Waals surface area (Å²) in [5, 5.41) is 3.44. The zero-order valence-electron chi connectivity index (χ0n) is 13.2. The molecular weight excluding hydrogens is 262 g/mol. The molecule has 0 aliphatic heterocycles. The van der Waals surface area contributed by atoms with Crippen LogP contribution in [0.4, 0.5) is 5.82 Å². The second kappa shape index (κ2) is 7.84. The minimum Gasteiger partial charge on any atom is -0.467 e. The molecule has 0 radical (unpaired) electrons. The molecule has 0 spiro atoms. The average Bonchev–Trinajstić information content (AvgIpc) is 2.97. The molecule has 2 aromatic rings. The number of hydrogen-bond donors (Lipinski definition) is 1. The summed E-state index contributed by atoms with van der Waals surface area (Å²) in [6.07, 6.45) is 2.86. The Bertz CT molecular complexity index is 537. The number of aryl methyl sites for hydroxylation is 1. The van der Waals surface area contributed by atoms with Gasteiger partial charge in [0.25, 0.3) is 0 Å². The van der Waals surface area contributed by atoms with Gasteiger partial charge < -0.3 is 14.6 Å². The van der Waals surface area contributed by atoms with Crippen molar-refractivity contribution in [3.8, 4) is 0 Å². The molecule has 0 fully saturated rings. The molecule has 2 heterocycles. The van der Waals surface area contributed by atoms with Gasteiger partial charge in [-0.05, 0) is 56.6 Å². The topological polar surface area (TPSA) is 41.3 Å². The van der Waals surface area contributed by atoms with Crippen LogP contribution in [0.15, 0.2) is 34.9 Å². The molecule has 0 saturated heterocycles. The van der Waals surface area contributed by atoms with Gasteiger partial charge in [0.2, 0.25) is 0 Å². The van der Waals surface area contributed by atoms with Gasteiger partial charge in [-0.3, -0.25) is 0 Å². The van der Waals surface area contributed by atoms with E-state index in [1.807, 2.05) is 19.1 Å². The smallest absolute Gasteiger partial charge is 0.129 e. The fraction of sp³-hybridized carbons (Fsp3) is 0.471. The van der Waals surface area contributed by atoms with E-state index in [2.05, 4.69) is 41.2 Å². The van der Waals surface area contributed by atoms with Crippen LogP contribution in [0.2, 0.25) is 0 Å². The fourth-order valence-electron chi connectivity index (χ4n) is 2.34. The van der Waals surface area contributed by atoms with E-state index >= 15 is 0 Å². The van der Waals surface area contributed by atoms with Crippen molar-refractivity contribution in [1.82, 2.24) is 10.3 Å². The first-order valence-electron chi connectivity index (χ1n) is 7.68. The van der Waals surface area contributed by atoms with Crippen LogP contribution < -0.4 is 10.2 Å². The monoisotopic (exact) mass is 287 g/mol. The predicted molar refractivity (Wildman–Crippen MR) is 86.4 cm³/mol. The van der Waals surface area contributed by atoms with Crippen LogP contribution in [-0.4, -0.2) is 18.1 Å². The molecule has 114 valence electrons. The van der Waals surface area contributed by atoms with E-state index in [0.717, 1.165) is 49.9 Å². The molecular formula is C17H25N3O. The van der Waals surface area contributed by atoms with Crippen molar-refractivity contribution < 1.29 is 4.42 Å². The lowest BCUT2D eigenvalue weighted by atomic mass is 10.2. The molecule has 0 atom stereocenters. The Morgan fingerprint density at radius 3 is 2.81 bits per heavy atom. The normalized spacial score (nSPS) is 10.8. The molecule has 0 aromatic carbocycles. The minimum absolute atomic E-state index is 0.752. The molecule has 4 nitrogen and oxygen atoms in total. The van der Waals surface area contributed by atoms with Crippen LogP contribution in [0.5, 0.6) is 0 Å². The molecule has 0 saturated carbocycles. The van der Waals surface area contributed by atoms with Crippen LogP contribution in [0, 0.1) is 6.92 Å². The lowest BCUT2D eigenvalue weighted by Crippen LogP contribution is -2.23. The van der Waals surface area contributed by atoms with Gasteiger partial charge in [-0.1, -0.05) is 6.92 Å². The number of aromatic nitrogens is 1. The van der Waals surface area contributed by atoms with E-state index in [-0.39, 0.29) is 0 Å². The van der Waals surface area contributed by atoms with Crippen molar-refractivity contribution in [2.75, 3.05) is 18.0 Å². The van der Waals surface area contributed by atoms with Crippen molar-refractivity contribution in [3.63, 3.8) is 0 Å². The average molecular weight is 287 g/mol. The first-order valence-corrected chi connectivity index (χ1v) is 7.68. The van der Waals surface area contributed by atoms with E-state index in [1.54, 1.807) is 6.26 Å². The highest BCUT2D eigenvalue weighted by Crippen LogP contribution is 2.18. The first-order chi connectivity index (χ1) is 10.2. The molecule has 0 bridgehead atoms. The van der Waals surface area contributed by atoms with Crippen LogP contribution in [-0.2, 0) is 13.1 Å². The van der Waals surface area contributed by atoms with Crippen LogP contribution in [0.25, 0.3) is 0 Å². The summed E-state index contributed by atoms with van der Waals surface area (Å²) < 4.78 is 5.45. The maximum absolute atomic E-state index is 5.45. The zero-order valence-corrected chi connectivity index (χ0v) is 13.2. The van der Waals surface area contributed by atoms with Crippen molar-refractivity contribution in [3.05, 3.63) is 47.5 Å². The lowest BCUT2D eigenvalue weighted by molar-refractivity contribution is 0.502. The summed E-state index contributed by atoms with van der Waals surface area (Å²) in [6.45, 7) is 9.96. The van der Waals surface area contributed by atoms with Crippen LogP contribution >= 0.6 is 0 Å². The molecule has 21 heavy (non-hydrogen) atoms. The van der Waals surface area contributed by atoms with Gasteiger partial charge in [0.1, 0.15) is 11.6 Å². The number of nitrogens with one attached hydrogen (secondary N) is 1. The number of anilines is 1. The second-order valence-corrected chi connectivity index (χ2v) is 5.25. The Kier molecular flexibility index (Phi) is 5.81. The van der Waals surface area contributed by atoms with E-state index in [9.17, 15) is 0 Å². The lowest BCUT2D eigenvalue weighted by Gasteiger charge is -2.22. The van der Waals surface area contributed by atoms with Crippen molar-refractivity contribution >= 4 is 5.82 Å². The Morgan fingerprint density at radius 1 is 1.29 bits per heavy atom. The quantitative estimate of drug-likeness (QED) is 0.754. The maximum Gasteiger partial charge on any atom is 0.129 e. The molecule has 2 aromatic heterocycles. The molecule has 0 amide bonds. The third kappa shape index (κ3) is 4.60. The van der Waals surface area contributed by atoms with E-state index < -0.39 is 0 Å². The largest absolute Gasteiger partial charge is 0.467 e. The third-order valence-corrected chi connectivity index (χ3v) is 3.39. The zero-order chi connectivity index (χ0) is 15.1. The summed E-state index contributed by atoms with van der Waals surface area (Å²) in [6, 6.07) is 8.24. The van der Waals surface area contributed by atoms with E-state index in [0.29, 0.717) is 0 Å². The highest BCUT2D eigenvalue weighted by atomic mass is 16.3. The molecule has 0 aliphatic carbocycles.